The van der Waals surface area contributed by atoms with Crippen LogP contribution in [-0.4, -0.2) is 25.8 Å². The van der Waals surface area contributed by atoms with Crippen molar-refractivity contribution in [3.05, 3.63) is 65.6 Å². The number of carbonyl (C=O) groups is 1. The quantitative estimate of drug-likeness (QED) is 0.569. The molecule has 1 amide bonds. The average molecular weight is 377 g/mol. The number of nitrogens with one attached hydrogen (secondary N) is 1. The summed E-state index contributed by atoms with van der Waals surface area (Å²) in [6, 6.07) is 9.00. The van der Waals surface area contributed by atoms with Crippen molar-refractivity contribution in [2.75, 3.05) is 5.32 Å². The van der Waals surface area contributed by atoms with Gasteiger partial charge in [-0.2, -0.15) is 0 Å². The number of anilines is 1. The molecule has 0 saturated heterocycles. The minimum atomic E-state index is -0.187. The maximum absolute atomic E-state index is 12.4. The van der Waals surface area contributed by atoms with Crippen LogP contribution in [0.4, 0.5) is 5.82 Å². The first-order valence-electron chi connectivity index (χ1n) is 8.22. The molecule has 4 rings (SSSR count). The fourth-order valence-corrected chi connectivity index (χ4v) is 3.11. The zero-order valence-corrected chi connectivity index (χ0v) is 15.2. The number of hydrogen-bond donors (Lipinski definition) is 1. The molecule has 0 aliphatic heterocycles. The van der Waals surface area contributed by atoms with Gasteiger partial charge in [0.25, 0.3) is 0 Å². The molecule has 1 N–H and O–H groups in total. The van der Waals surface area contributed by atoms with E-state index in [-0.39, 0.29) is 12.3 Å². The van der Waals surface area contributed by atoms with Crippen molar-refractivity contribution in [2.45, 2.75) is 13.3 Å². The van der Waals surface area contributed by atoms with E-state index in [9.17, 15) is 4.79 Å². The minimum Gasteiger partial charge on any atom is -0.458 e. The molecule has 0 aromatic carbocycles. The molecule has 0 aliphatic rings. The van der Waals surface area contributed by atoms with Gasteiger partial charge in [-0.3, -0.25) is 9.78 Å². The number of furan rings is 1. The fraction of sp³-hybridized carbons (Fsp3) is 0.105. The Balaban J connectivity index is 1.65. The molecule has 134 valence electrons. The highest BCUT2D eigenvalue weighted by atomic mass is 32.1. The van der Waals surface area contributed by atoms with Gasteiger partial charge in [0.15, 0.2) is 11.6 Å². The molecule has 27 heavy (non-hydrogen) atoms. The predicted molar refractivity (Wildman–Crippen MR) is 102 cm³/mol. The van der Waals surface area contributed by atoms with Gasteiger partial charge in [0.1, 0.15) is 22.3 Å². The van der Waals surface area contributed by atoms with Crippen LogP contribution in [0.3, 0.4) is 0 Å². The SMILES string of the molecule is Cc1ccc(-c2nc(NC(=O)Cc3cccnc3)cc(-c3nccs3)n2)o1. The van der Waals surface area contributed by atoms with E-state index in [1.807, 2.05) is 24.4 Å². The summed E-state index contributed by atoms with van der Waals surface area (Å²) in [6.45, 7) is 1.85. The lowest BCUT2D eigenvalue weighted by Crippen LogP contribution is -2.16. The molecule has 0 bridgehead atoms. The van der Waals surface area contributed by atoms with Gasteiger partial charge in [-0.25, -0.2) is 15.0 Å². The maximum Gasteiger partial charge on any atom is 0.230 e. The van der Waals surface area contributed by atoms with Crippen LogP contribution < -0.4 is 5.32 Å². The molecular weight excluding hydrogens is 362 g/mol. The molecule has 8 heteroatoms. The third kappa shape index (κ3) is 4.06. The molecule has 0 fully saturated rings. The number of rotatable bonds is 5. The van der Waals surface area contributed by atoms with E-state index in [0.29, 0.717) is 23.1 Å². The topological polar surface area (TPSA) is 93.8 Å². The van der Waals surface area contributed by atoms with Crippen molar-refractivity contribution in [3.63, 3.8) is 0 Å². The summed E-state index contributed by atoms with van der Waals surface area (Å²) in [4.78, 5) is 29.7. The van der Waals surface area contributed by atoms with Gasteiger partial charge in [0, 0.05) is 30.0 Å². The summed E-state index contributed by atoms with van der Waals surface area (Å²) in [5.41, 5.74) is 1.45. The molecule has 7 nitrogen and oxygen atoms in total. The van der Waals surface area contributed by atoms with Crippen molar-refractivity contribution in [1.29, 1.82) is 0 Å². The van der Waals surface area contributed by atoms with E-state index < -0.39 is 0 Å². The maximum atomic E-state index is 12.4. The molecular formula is C19H15N5O2S. The highest BCUT2D eigenvalue weighted by Gasteiger charge is 2.14. The van der Waals surface area contributed by atoms with Gasteiger partial charge in [-0.15, -0.1) is 11.3 Å². The Morgan fingerprint density at radius 3 is 2.85 bits per heavy atom. The van der Waals surface area contributed by atoms with Crippen molar-refractivity contribution in [2.24, 2.45) is 0 Å². The Kier molecular flexibility index (Phi) is 4.71. The van der Waals surface area contributed by atoms with Crippen LogP contribution >= 0.6 is 11.3 Å². The number of thiazole rings is 1. The molecule has 0 aliphatic carbocycles. The third-order valence-electron chi connectivity index (χ3n) is 3.69. The summed E-state index contributed by atoms with van der Waals surface area (Å²) in [5.74, 6) is 1.90. The van der Waals surface area contributed by atoms with Crippen LogP contribution in [-0.2, 0) is 11.2 Å². The summed E-state index contributed by atoms with van der Waals surface area (Å²) < 4.78 is 5.63. The van der Waals surface area contributed by atoms with Crippen molar-refractivity contribution in [3.8, 4) is 22.3 Å². The minimum absolute atomic E-state index is 0.187. The largest absolute Gasteiger partial charge is 0.458 e. The summed E-state index contributed by atoms with van der Waals surface area (Å²) in [6.07, 6.45) is 5.25. The lowest BCUT2D eigenvalue weighted by molar-refractivity contribution is -0.115. The highest BCUT2D eigenvalue weighted by molar-refractivity contribution is 7.13. The Morgan fingerprint density at radius 1 is 1.22 bits per heavy atom. The average Bonchev–Trinajstić information content (AvgIpc) is 3.34. The monoisotopic (exact) mass is 377 g/mol. The highest BCUT2D eigenvalue weighted by Crippen LogP contribution is 2.26. The van der Waals surface area contributed by atoms with Crippen molar-refractivity contribution < 1.29 is 9.21 Å². The zero-order valence-electron chi connectivity index (χ0n) is 14.4. The Hall–Kier alpha value is -3.39. The van der Waals surface area contributed by atoms with Crippen LogP contribution in [0.15, 0.2) is 58.7 Å². The van der Waals surface area contributed by atoms with Gasteiger partial charge >= 0.3 is 0 Å². The second-order valence-corrected chi connectivity index (χ2v) is 6.69. The summed E-state index contributed by atoms with van der Waals surface area (Å²) in [7, 11) is 0. The van der Waals surface area contributed by atoms with E-state index in [2.05, 4.69) is 25.3 Å². The zero-order chi connectivity index (χ0) is 18.6. The number of aryl methyl sites for hydroxylation is 1. The normalized spacial score (nSPS) is 10.7. The lowest BCUT2D eigenvalue weighted by atomic mass is 10.2. The molecule has 0 unspecified atom stereocenters. The number of hydrogen-bond acceptors (Lipinski definition) is 7. The van der Waals surface area contributed by atoms with E-state index in [1.165, 1.54) is 11.3 Å². The van der Waals surface area contributed by atoms with Gasteiger partial charge < -0.3 is 9.73 Å². The smallest absolute Gasteiger partial charge is 0.230 e. The molecule has 0 radical (unpaired) electrons. The predicted octanol–water partition coefficient (Wildman–Crippen LogP) is 3.74. The first-order chi connectivity index (χ1) is 13.2. The Bertz CT molecular complexity index is 1060. The Labute approximate surface area is 159 Å². The van der Waals surface area contributed by atoms with E-state index in [0.717, 1.165) is 16.3 Å². The van der Waals surface area contributed by atoms with Gasteiger partial charge in [0.2, 0.25) is 5.91 Å². The summed E-state index contributed by atoms with van der Waals surface area (Å²) in [5, 5.41) is 5.44. The fourth-order valence-electron chi connectivity index (χ4n) is 2.51. The van der Waals surface area contributed by atoms with Gasteiger partial charge in [-0.05, 0) is 30.7 Å². The van der Waals surface area contributed by atoms with Gasteiger partial charge in [0.05, 0.1) is 6.42 Å². The Morgan fingerprint density at radius 2 is 2.15 bits per heavy atom. The first-order valence-corrected chi connectivity index (χ1v) is 9.10. The van der Waals surface area contributed by atoms with E-state index in [4.69, 9.17) is 4.42 Å². The number of nitrogens with zero attached hydrogens (tertiary/aromatic N) is 4. The molecule has 4 aromatic heterocycles. The van der Waals surface area contributed by atoms with Crippen LogP contribution in [0.25, 0.3) is 22.3 Å². The van der Waals surface area contributed by atoms with Crippen LogP contribution in [0.1, 0.15) is 11.3 Å². The molecule has 4 heterocycles. The van der Waals surface area contributed by atoms with Gasteiger partial charge in [-0.1, -0.05) is 6.07 Å². The molecule has 0 atom stereocenters. The number of amides is 1. The number of aromatic nitrogens is 4. The van der Waals surface area contributed by atoms with E-state index >= 15 is 0 Å². The third-order valence-corrected chi connectivity index (χ3v) is 4.49. The molecule has 0 spiro atoms. The first kappa shape index (κ1) is 17.0. The summed E-state index contributed by atoms with van der Waals surface area (Å²) >= 11 is 1.46. The van der Waals surface area contributed by atoms with Crippen LogP contribution in [0.5, 0.6) is 0 Å². The van der Waals surface area contributed by atoms with E-state index in [1.54, 1.807) is 36.8 Å². The van der Waals surface area contributed by atoms with Crippen molar-refractivity contribution >= 4 is 23.1 Å². The lowest BCUT2D eigenvalue weighted by Gasteiger charge is -2.07. The molecule has 0 saturated carbocycles. The number of pyridine rings is 1. The second-order valence-electron chi connectivity index (χ2n) is 5.80. The second kappa shape index (κ2) is 7.46. The standard InChI is InChI=1S/C19H15N5O2S/c1-12-4-5-15(26-12)18-22-14(19-21-7-8-27-19)10-16(24-18)23-17(25)9-13-3-2-6-20-11-13/h2-8,10-11H,9H2,1H3,(H,22,23,24,25). The number of carbonyl (C=O) groups excluding carboxylic acids is 1. The van der Waals surface area contributed by atoms with Crippen molar-refractivity contribution in [1.82, 2.24) is 19.9 Å². The molecule has 4 aromatic rings. The van der Waals surface area contributed by atoms with Crippen LogP contribution in [0, 0.1) is 6.92 Å². The van der Waals surface area contributed by atoms with Crippen LogP contribution in [0.2, 0.25) is 0 Å².